The van der Waals surface area contributed by atoms with Crippen LogP contribution in [0.2, 0.25) is 0 Å². The molecule has 0 bridgehead atoms. The fourth-order valence-corrected chi connectivity index (χ4v) is 3.49. The Hall–Kier alpha value is -1.56. The Morgan fingerprint density at radius 2 is 1.83 bits per heavy atom. The van der Waals surface area contributed by atoms with Gasteiger partial charge in [0.1, 0.15) is 0 Å². The van der Waals surface area contributed by atoms with Gasteiger partial charge in [-0.3, -0.25) is 4.99 Å². The third-order valence-electron chi connectivity index (χ3n) is 3.82. The van der Waals surface area contributed by atoms with Crippen LogP contribution in [0.25, 0.3) is 0 Å². The molecule has 24 heavy (non-hydrogen) atoms. The first-order valence-corrected chi connectivity index (χ1v) is 10.5. The topological polar surface area (TPSA) is 70.6 Å². The Bertz CT molecular complexity index is 598. The molecule has 1 unspecified atom stereocenters. The Kier molecular flexibility index (Phi) is 8.82. The van der Waals surface area contributed by atoms with Gasteiger partial charge in [-0.2, -0.15) is 0 Å². The van der Waals surface area contributed by atoms with Gasteiger partial charge in [0.2, 0.25) is 0 Å². The minimum Gasteiger partial charge on any atom is -0.357 e. The van der Waals surface area contributed by atoms with Gasteiger partial charge in [0, 0.05) is 19.1 Å². The number of guanidine groups is 1. The van der Waals surface area contributed by atoms with E-state index in [2.05, 4.69) is 36.4 Å². The zero-order valence-corrected chi connectivity index (χ0v) is 16.1. The third-order valence-corrected chi connectivity index (χ3v) is 5.51. The fraction of sp³-hybridized carbons (Fsp3) is 0.611. The van der Waals surface area contributed by atoms with Crippen LogP contribution in [0.3, 0.4) is 0 Å². The van der Waals surface area contributed by atoms with E-state index in [0.29, 0.717) is 24.9 Å². The van der Waals surface area contributed by atoms with E-state index in [-0.39, 0.29) is 11.5 Å². The molecule has 0 aliphatic carbocycles. The van der Waals surface area contributed by atoms with Crippen molar-refractivity contribution in [1.82, 2.24) is 10.6 Å². The zero-order valence-electron chi connectivity index (χ0n) is 15.2. The zero-order chi connectivity index (χ0) is 18.0. The predicted molar refractivity (Wildman–Crippen MR) is 102 cm³/mol. The van der Waals surface area contributed by atoms with Gasteiger partial charge in [0.25, 0.3) is 0 Å². The molecule has 0 spiro atoms. The molecule has 0 aliphatic heterocycles. The third kappa shape index (κ3) is 8.34. The molecule has 0 saturated carbocycles. The summed E-state index contributed by atoms with van der Waals surface area (Å²) in [5.41, 5.74) is 0.835. The van der Waals surface area contributed by atoms with Crippen LogP contribution in [0.1, 0.15) is 39.7 Å². The second-order valence-electron chi connectivity index (χ2n) is 6.37. The summed E-state index contributed by atoms with van der Waals surface area (Å²) in [6.07, 6.45) is 0.530. The predicted octanol–water partition coefficient (Wildman–Crippen LogP) is 2.59. The number of nitrogens with zero attached hydrogens (tertiary/aromatic N) is 1. The van der Waals surface area contributed by atoms with Gasteiger partial charge in [-0.15, -0.1) is 0 Å². The van der Waals surface area contributed by atoms with Crippen molar-refractivity contribution in [2.24, 2.45) is 10.9 Å². The summed E-state index contributed by atoms with van der Waals surface area (Å²) in [5, 5.41) is 6.54. The molecule has 0 fully saturated rings. The second kappa shape index (κ2) is 10.3. The molecule has 0 aliphatic rings. The molecule has 1 aromatic carbocycles. The van der Waals surface area contributed by atoms with Crippen LogP contribution in [0, 0.1) is 5.92 Å². The molecule has 0 aromatic heterocycles. The van der Waals surface area contributed by atoms with Crippen LogP contribution in [0.5, 0.6) is 0 Å². The van der Waals surface area contributed by atoms with Crippen molar-refractivity contribution in [2.45, 2.75) is 45.9 Å². The maximum absolute atomic E-state index is 12.2. The van der Waals surface area contributed by atoms with Crippen molar-refractivity contribution in [3.8, 4) is 0 Å². The fourth-order valence-electron chi connectivity index (χ4n) is 2.08. The highest BCUT2D eigenvalue weighted by Crippen LogP contribution is 2.07. The number of hydrogen-bond donors (Lipinski definition) is 2. The highest BCUT2D eigenvalue weighted by atomic mass is 32.2. The van der Waals surface area contributed by atoms with Crippen molar-refractivity contribution >= 4 is 15.8 Å². The summed E-state index contributed by atoms with van der Waals surface area (Å²) in [6, 6.07) is 9.60. The van der Waals surface area contributed by atoms with Gasteiger partial charge in [0.05, 0.1) is 11.5 Å². The molecule has 0 radical (unpaired) electrons. The normalized spacial score (nSPS) is 13.8. The lowest BCUT2D eigenvalue weighted by Crippen LogP contribution is -2.44. The Labute approximate surface area is 146 Å². The van der Waals surface area contributed by atoms with E-state index < -0.39 is 9.84 Å². The van der Waals surface area contributed by atoms with E-state index in [4.69, 9.17) is 0 Å². The van der Waals surface area contributed by atoms with Crippen molar-refractivity contribution in [3.05, 3.63) is 35.9 Å². The average Bonchev–Trinajstić information content (AvgIpc) is 2.52. The summed E-state index contributed by atoms with van der Waals surface area (Å²) >= 11 is 0. The van der Waals surface area contributed by atoms with Gasteiger partial charge in [0.15, 0.2) is 15.8 Å². The lowest BCUT2D eigenvalue weighted by molar-refractivity contribution is 0.481. The quantitative estimate of drug-likeness (QED) is 0.407. The maximum Gasteiger partial charge on any atom is 0.191 e. The van der Waals surface area contributed by atoms with E-state index in [0.717, 1.165) is 18.1 Å². The van der Waals surface area contributed by atoms with Crippen molar-refractivity contribution < 1.29 is 8.42 Å². The Morgan fingerprint density at radius 3 is 2.42 bits per heavy atom. The minimum atomic E-state index is -3.09. The molecular formula is C18H31N3O2S. The SMILES string of the molecule is CCNC(=NCCCS(=O)(=O)Cc1ccccc1)NC(C)C(C)C. The Morgan fingerprint density at radius 1 is 1.17 bits per heavy atom. The highest BCUT2D eigenvalue weighted by Gasteiger charge is 2.12. The van der Waals surface area contributed by atoms with Crippen molar-refractivity contribution in [2.75, 3.05) is 18.8 Å². The molecule has 2 N–H and O–H groups in total. The first-order valence-electron chi connectivity index (χ1n) is 8.63. The molecule has 1 atom stereocenters. The van der Waals surface area contributed by atoms with Crippen LogP contribution in [0.15, 0.2) is 35.3 Å². The van der Waals surface area contributed by atoms with Gasteiger partial charge in [-0.1, -0.05) is 44.2 Å². The lowest BCUT2D eigenvalue weighted by atomic mass is 10.1. The number of sulfone groups is 1. The van der Waals surface area contributed by atoms with E-state index in [9.17, 15) is 8.42 Å². The lowest BCUT2D eigenvalue weighted by Gasteiger charge is -2.20. The van der Waals surface area contributed by atoms with Crippen LogP contribution in [-0.4, -0.2) is 39.3 Å². The minimum absolute atomic E-state index is 0.0975. The van der Waals surface area contributed by atoms with E-state index in [1.807, 2.05) is 37.3 Å². The molecule has 0 heterocycles. The number of benzene rings is 1. The second-order valence-corrected chi connectivity index (χ2v) is 8.55. The molecule has 1 rings (SSSR count). The summed E-state index contributed by atoms with van der Waals surface area (Å²) in [7, 11) is -3.09. The first-order chi connectivity index (χ1) is 11.3. The average molecular weight is 354 g/mol. The molecule has 0 amide bonds. The summed E-state index contributed by atoms with van der Waals surface area (Å²) in [6.45, 7) is 9.70. The molecule has 136 valence electrons. The highest BCUT2D eigenvalue weighted by molar-refractivity contribution is 7.90. The van der Waals surface area contributed by atoms with Crippen molar-refractivity contribution in [1.29, 1.82) is 0 Å². The van der Waals surface area contributed by atoms with Crippen LogP contribution in [0.4, 0.5) is 0 Å². The molecule has 1 aromatic rings. The molecular weight excluding hydrogens is 322 g/mol. The van der Waals surface area contributed by atoms with Crippen LogP contribution >= 0.6 is 0 Å². The maximum atomic E-state index is 12.2. The van der Waals surface area contributed by atoms with Crippen LogP contribution < -0.4 is 10.6 Å². The van der Waals surface area contributed by atoms with Crippen LogP contribution in [-0.2, 0) is 15.6 Å². The number of hydrogen-bond acceptors (Lipinski definition) is 3. The van der Waals surface area contributed by atoms with E-state index >= 15 is 0 Å². The largest absolute Gasteiger partial charge is 0.357 e. The number of rotatable bonds is 9. The monoisotopic (exact) mass is 353 g/mol. The number of nitrogens with one attached hydrogen (secondary N) is 2. The smallest absolute Gasteiger partial charge is 0.191 e. The van der Waals surface area contributed by atoms with Gasteiger partial charge >= 0.3 is 0 Å². The van der Waals surface area contributed by atoms with Gasteiger partial charge < -0.3 is 10.6 Å². The number of aliphatic imine (C=N–C) groups is 1. The molecule has 6 heteroatoms. The Balaban J connectivity index is 2.48. The standard InChI is InChI=1S/C18H31N3O2S/c1-5-19-18(21-16(4)15(2)3)20-12-9-13-24(22,23)14-17-10-7-6-8-11-17/h6-8,10-11,15-16H,5,9,12-14H2,1-4H3,(H2,19,20,21). The summed E-state index contributed by atoms with van der Waals surface area (Å²) in [4.78, 5) is 4.48. The van der Waals surface area contributed by atoms with E-state index in [1.54, 1.807) is 0 Å². The van der Waals surface area contributed by atoms with Crippen molar-refractivity contribution in [3.63, 3.8) is 0 Å². The van der Waals surface area contributed by atoms with Gasteiger partial charge in [-0.05, 0) is 31.7 Å². The molecule has 0 saturated heterocycles. The summed E-state index contributed by atoms with van der Waals surface area (Å²) < 4.78 is 24.3. The summed E-state index contributed by atoms with van der Waals surface area (Å²) in [5.74, 6) is 1.50. The first kappa shape index (κ1) is 20.5. The van der Waals surface area contributed by atoms with E-state index in [1.165, 1.54) is 0 Å². The molecule has 5 nitrogen and oxygen atoms in total. The van der Waals surface area contributed by atoms with Gasteiger partial charge in [-0.25, -0.2) is 8.42 Å².